The van der Waals surface area contributed by atoms with Gasteiger partial charge in [0, 0.05) is 19.1 Å². The van der Waals surface area contributed by atoms with Gasteiger partial charge in [-0.2, -0.15) is 0 Å². The zero-order valence-corrected chi connectivity index (χ0v) is 16.7. The third kappa shape index (κ3) is 7.60. The molecule has 156 valence electrons. The molecular formula is C22H34N2O4. The molecule has 1 saturated heterocycles. The minimum Gasteiger partial charge on any atom is -0.478 e. The Labute approximate surface area is 167 Å². The Morgan fingerprint density at radius 2 is 1.29 bits per heavy atom. The molecule has 0 radical (unpaired) electrons. The molecule has 0 unspecified atom stereocenters. The summed E-state index contributed by atoms with van der Waals surface area (Å²) in [5, 5.41) is 19.7. The van der Waals surface area contributed by atoms with Crippen molar-refractivity contribution in [2.75, 3.05) is 13.1 Å². The lowest BCUT2D eigenvalue weighted by atomic mass is 9.96. The van der Waals surface area contributed by atoms with Gasteiger partial charge < -0.3 is 10.2 Å². The van der Waals surface area contributed by atoms with Crippen LogP contribution in [0, 0.1) is 0 Å². The van der Waals surface area contributed by atoms with Gasteiger partial charge in [0.2, 0.25) is 0 Å². The van der Waals surface area contributed by atoms with Crippen molar-refractivity contribution in [3.8, 4) is 0 Å². The summed E-state index contributed by atoms with van der Waals surface area (Å²) in [4.78, 5) is 20.9. The number of hydrazine groups is 1. The number of rotatable bonds is 3. The summed E-state index contributed by atoms with van der Waals surface area (Å²) in [5.74, 6) is -2.46. The topological polar surface area (TPSA) is 89.9 Å². The summed E-state index contributed by atoms with van der Waals surface area (Å²) >= 11 is 0. The van der Waals surface area contributed by atoms with Gasteiger partial charge in [0.1, 0.15) is 0 Å². The second kappa shape index (κ2) is 12.5. The Morgan fingerprint density at radius 3 is 1.86 bits per heavy atom. The maximum absolute atomic E-state index is 10.5. The van der Waals surface area contributed by atoms with Crippen LogP contribution in [-0.4, -0.2) is 46.3 Å². The van der Waals surface area contributed by atoms with Crippen molar-refractivity contribution in [1.29, 1.82) is 0 Å². The minimum atomic E-state index is -1.23. The first-order chi connectivity index (χ1) is 13.6. The van der Waals surface area contributed by atoms with Crippen LogP contribution in [0.1, 0.15) is 91.3 Å². The second-order valence-corrected chi connectivity index (χ2v) is 7.67. The maximum atomic E-state index is 10.5. The third-order valence-corrected chi connectivity index (χ3v) is 5.54. The van der Waals surface area contributed by atoms with E-state index in [9.17, 15) is 9.59 Å². The van der Waals surface area contributed by atoms with Crippen molar-refractivity contribution in [1.82, 2.24) is 10.4 Å². The van der Waals surface area contributed by atoms with Crippen molar-refractivity contribution in [3.63, 3.8) is 0 Å². The van der Waals surface area contributed by atoms with E-state index in [0.717, 1.165) is 6.04 Å². The fraction of sp³-hybridized carbons (Fsp3) is 0.636. The molecule has 0 spiro atoms. The first-order valence-electron chi connectivity index (χ1n) is 10.7. The third-order valence-electron chi connectivity index (χ3n) is 5.54. The number of nitrogens with zero attached hydrogens (tertiary/aromatic N) is 1. The van der Waals surface area contributed by atoms with Crippen LogP contribution >= 0.6 is 0 Å². The molecule has 3 N–H and O–H groups in total. The molecule has 1 aliphatic heterocycles. The summed E-state index contributed by atoms with van der Waals surface area (Å²) < 4.78 is 0. The normalized spacial score (nSPS) is 19.9. The summed E-state index contributed by atoms with van der Waals surface area (Å²) in [6.07, 6.45) is 15.8. The van der Waals surface area contributed by atoms with Crippen LogP contribution in [0.5, 0.6) is 0 Å². The van der Waals surface area contributed by atoms with E-state index in [0.29, 0.717) is 0 Å². The second-order valence-electron chi connectivity index (χ2n) is 7.67. The molecule has 2 fully saturated rings. The van der Waals surface area contributed by atoms with Crippen LogP contribution in [0.15, 0.2) is 24.3 Å². The maximum Gasteiger partial charge on any atom is 0.336 e. The van der Waals surface area contributed by atoms with Crippen molar-refractivity contribution in [2.24, 2.45) is 0 Å². The van der Waals surface area contributed by atoms with Crippen molar-refractivity contribution < 1.29 is 19.8 Å². The molecule has 2 aliphatic rings. The van der Waals surface area contributed by atoms with E-state index in [4.69, 9.17) is 10.2 Å². The predicted octanol–water partition coefficient (Wildman–Crippen LogP) is 4.56. The van der Waals surface area contributed by atoms with Crippen LogP contribution in [-0.2, 0) is 0 Å². The number of carboxylic acids is 2. The number of hydrogen-bond donors (Lipinski definition) is 3. The van der Waals surface area contributed by atoms with Crippen LogP contribution < -0.4 is 5.43 Å². The first kappa shape index (κ1) is 22.4. The van der Waals surface area contributed by atoms with Crippen molar-refractivity contribution in [3.05, 3.63) is 35.4 Å². The lowest BCUT2D eigenvalue weighted by molar-refractivity contribution is 0.0651. The van der Waals surface area contributed by atoms with E-state index in [2.05, 4.69) is 10.4 Å². The Morgan fingerprint density at radius 1 is 0.786 bits per heavy atom. The van der Waals surface area contributed by atoms with E-state index in [1.807, 2.05) is 0 Å². The summed E-state index contributed by atoms with van der Waals surface area (Å²) in [5.41, 5.74) is 3.29. The highest BCUT2D eigenvalue weighted by Gasteiger charge is 2.19. The monoisotopic (exact) mass is 390 g/mol. The largest absolute Gasteiger partial charge is 0.478 e. The van der Waals surface area contributed by atoms with E-state index >= 15 is 0 Å². The number of carboxylic acid groups (broad SMARTS) is 2. The van der Waals surface area contributed by atoms with Gasteiger partial charge in [-0.25, -0.2) is 14.6 Å². The van der Waals surface area contributed by atoms with Gasteiger partial charge >= 0.3 is 11.9 Å². The number of hydrogen-bond acceptors (Lipinski definition) is 4. The average molecular weight is 391 g/mol. The Kier molecular flexibility index (Phi) is 10.0. The van der Waals surface area contributed by atoms with Crippen LogP contribution in [0.4, 0.5) is 0 Å². The van der Waals surface area contributed by atoms with E-state index in [1.54, 1.807) is 0 Å². The lowest BCUT2D eigenvalue weighted by Gasteiger charge is -2.34. The molecule has 1 heterocycles. The molecule has 0 aromatic heterocycles. The molecule has 1 saturated carbocycles. The molecule has 1 aromatic rings. The SMILES string of the molecule is C1CCCC(N2CCCCCCN2)CCC1.O=C(O)c1ccccc1C(=O)O. The van der Waals surface area contributed by atoms with Crippen molar-refractivity contribution >= 4 is 11.9 Å². The Balaban J connectivity index is 0.000000209. The van der Waals surface area contributed by atoms with Gasteiger partial charge in [-0.1, -0.05) is 57.1 Å². The quantitative estimate of drug-likeness (QED) is 0.701. The van der Waals surface area contributed by atoms with Crippen LogP contribution in [0.3, 0.4) is 0 Å². The average Bonchev–Trinajstić information content (AvgIpc) is 2.62. The molecule has 3 rings (SSSR count). The molecule has 0 bridgehead atoms. The predicted molar refractivity (Wildman–Crippen MR) is 110 cm³/mol. The molecule has 0 amide bonds. The van der Waals surface area contributed by atoms with Gasteiger partial charge in [0.15, 0.2) is 0 Å². The molecule has 6 heteroatoms. The smallest absolute Gasteiger partial charge is 0.336 e. The first-order valence-corrected chi connectivity index (χ1v) is 10.7. The van der Waals surface area contributed by atoms with E-state index in [1.165, 1.54) is 108 Å². The summed E-state index contributed by atoms with van der Waals surface area (Å²) in [7, 11) is 0. The van der Waals surface area contributed by atoms with Crippen molar-refractivity contribution in [2.45, 2.75) is 76.7 Å². The van der Waals surface area contributed by atoms with Gasteiger partial charge in [0.25, 0.3) is 0 Å². The number of nitrogens with one attached hydrogen (secondary N) is 1. The highest BCUT2D eigenvalue weighted by atomic mass is 16.4. The van der Waals surface area contributed by atoms with Crippen LogP contribution in [0.25, 0.3) is 0 Å². The zero-order valence-electron chi connectivity index (χ0n) is 16.7. The van der Waals surface area contributed by atoms with Gasteiger partial charge in [-0.15, -0.1) is 0 Å². The summed E-state index contributed by atoms with van der Waals surface area (Å²) in [6, 6.07) is 6.31. The molecule has 28 heavy (non-hydrogen) atoms. The number of benzene rings is 1. The van der Waals surface area contributed by atoms with Crippen LogP contribution in [0.2, 0.25) is 0 Å². The Hall–Kier alpha value is -1.92. The fourth-order valence-corrected chi connectivity index (χ4v) is 3.98. The molecule has 1 aliphatic carbocycles. The number of aromatic carboxylic acids is 2. The standard InChI is InChI=1S/C14H28N2.C8H6O4/c1-2-6-10-14(11-7-3-1)16-13-9-5-4-8-12-15-16;9-7(10)5-3-1-2-4-6(5)8(11)12/h14-15H,1-13H2;1-4H,(H,9,10)(H,11,12). The minimum absolute atomic E-state index is 0.190. The van der Waals surface area contributed by atoms with Gasteiger partial charge in [-0.3, -0.25) is 5.43 Å². The lowest BCUT2D eigenvalue weighted by Crippen LogP contribution is -2.47. The van der Waals surface area contributed by atoms with Gasteiger partial charge in [-0.05, 0) is 37.8 Å². The number of carbonyl (C=O) groups is 2. The molecule has 6 nitrogen and oxygen atoms in total. The molecule has 0 atom stereocenters. The van der Waals surface area contributed by atoms with E-state index in [-0.39, 0.29) is 11.1 Å². The Bertz CT molecular complexity index is 551. The van der Waals surface area contributed by atoms with Gasteiger partial charge in [0.05, 0.1) is 11.1 Å². The molecular weight excluding hydrogens is 356 g/mol. The zero-order chi connectivity index (χ0) is 20.2. The highest BCUT2D eigenvalue weighted by Crippen LogP contribution is 2.21. The summed E-state index contributed by atoms with van der Waals surface area (Å²) in [6.45, 7) is 2.49. The molecule has 1 aromatic carbocycles. The fourth-order valence-electron chi connectivity index (χ4n) is 3.98. The van der Waals surface area contributed by atoms with E-state index < -0.39 is 11.9 Å². The highest BCUT2D eigenvalue weighted by molar-refractivity contribution is 6.01.